The molecular formula is C13H14BrF3O2S. The largest absolute Gasteiger partial charge is 0.462 e. The summed E-state index contributed by atoms with van der Waals surface area (Å²) in [5.74, 6) is -0.730. The summed E-state index contributed by atoms with van der Waals surface area (Å²) in [4.78, 5) is 11.6. The third kappa shape index (κ3) is 5.75. The van der Waals surface area contributed by atoms with Crippen molar-refractivity contribution >= 4 is 33.7 Å². The van der Waals surface area contributed by atoms with E-state index in [-0.39, 0.29) is 28.8 Å². The van der Waals surface area contributed by atoms with Crippen molar-refractivity contribution in [1.82, 2.24) is 0 Å². The summed E-state index contributed by atoms with van der Waals surface area (Å²) in [5, 5.41) is 0.772. The lowest BCUT2D eigenvalue weighted by atomic mass is 10.1. The smallest absolute Gasteiger partial charge is 0.446 e. The molecule has 0 aliphatic heterocycles. The summed E-state index contributed by atoms with van der Waals surface area (Å²) in [5.41, 5.74) is -3.71. The summed E-state index contributed by atoms with van der Waals surface area (Å²) in [6.07, 6.45) is 1.47. The van der Waals surface area contributed by atoms with Crippen molar-refractivity contribution in [1.29, 1.82) is 0 Å². The number of ether oxygens (including phenoxy) is 1. The summed E-state index contributed by atoms with van der Waals surface area (Å²) < 4.78 is 42.4. The Hall–Kier alpha value is -0.690. The van der Waals surface area contributed by atoms with Gasteiger partial charge in [-0.15, -0.1) is 0 Å². The number of rotatable bonds is 6. The van der Waals surface area contributed by atoms with Crippen molar-refractivity contribution in [3.8, 4) is 0 Å². The first kappa shape index (κ1) is 17.4. The lowest BCUT2D eigenvalue weighted by Crippen LogP contribution is -2.09. The highest BCUT2D eigenvalue weighted by atomic mass is 79.9. The Labute approximate surface area is 128 Å². The zero-order valence-corrected chi connectivity index (χ0v) is 13.2. The molecule has 0 saturated heterocycles. The van der Waals surface area contributed by atoms with Gasteiger partial charge in [0.25, 0.3) is 0 Å². The van der Waals surface area contributed by atoms with Crippen molar-refractivity contribution in [3.63, 3.8) is 0 Å². The first-order chi connectivity index (χ1) is 9.37. The normalized spacial score (nSPS) is 11.4. The van der Waals surface area contributed by atoms with Gasteiger partial charge >= 0.3 is 11.5 Å². The fourth-order valence-electron chi connectivity index (χ4n) is 1.58. The molecule has 0 bridgehead atoms. The van der Waals surface area contributed by atoms with Crippen LogP contribution in [0.2, 0.25) is 0 Å². The van der Waals surface area contributed by atoms with E-state index in [1.165, 1.54) is 12.1 Å². The van der Waals surface area contributed by atoms with Crippen LogP contribution >= 0.6 is 27.7 Å². The molecule has 1 aromatic rings. The number of carbonyl (C=O) groups is 1. The predicted octanol–water partition coefficient (Wildman–Crippen LogP) is 4.80. The number of thioether (sulfide) groups is 1. The second-order valence-corrected chi connectivity index (χ2v) is 5.79. The average molecular weight is 371 g/mol. The number of benzene rings is 1. The number of alkyl halides is 4. The topological polar surface area (TPSA) is 26.3 Å². The van der Waals surface area contributed by atoms with Crippen LogP contribution in [0.4, 0.5) is 13.2 Å². The number of hydrogen-bond donors (Lipinski definition) is 0. The highest BCUT2D eigenvalue weighted by Crippen LogP contribution is 2.39. The Bertz CT molecular complexity index is 463. The Morgan fingerprint density at radius 2 is 2.10 bits per heavy atom. The average Bonchev–Trinajstić information content (AvgIpc) is 2.34. The summed E-state index contributed by atoms with van der Waals surface area (Å²) in [7, 11) is 0. The summed E-state index contributed by atoms with van der Waals surface area (Å²) in [6.45, 7) is 1.74. The number of esters is 1. The molecule has 0 aromatic heterocycles. The molecule has 0 radical (unpaired) electrons. The molecule has 0 heterocycles. The van der Waals surface area contributed by atoms with Gasteiger partial charge in [-0.3, -0.25) is 0 Å². The lowest BCUT2D eigenvalue weighted by Gasteiger charge is -2.12. The van der Waals surface area contributed by atoms with Crippen LogP contribution in [0.5, 0.6) is 0 Å². The molecule has 0 aliphatic rings. The van der Waals surface area contributed by atoms with Crippen LogP contribution in [0.1, 0.15) is 29.3 Å². The van der Waals surface area contributed by atoms with Crippen molar-refractivity contribution in [2.45, 2.75) is 30.2 Å². The fourth-order valence-corrected chi connectivity index (χ4v) is 2.58. The third-order valence-electron chi connectivity index (χ3n) is 2.37. The standard InChI is InChI=1S/C13H14BrF3O2S/c1-2-19-12(18)10-6-5-9(4-3-7-14)8-11(10)20-13(15,16)17/h5-6,8H,2-4,7H2,1H3. The molecule has 7 heteroatoms. The molecule has 0 atom stereocenters. The second-order valence-electron chi connectivity index (χ2n) is 3.89. The molecule has 112 valence electrons. The minimum atomic E-state index is -4.44. The molecule has 0 aliphatic carbocycles. The van der Waals surface area contributed by atoms with E-state index in [0.29, 0.717) is 6.42 Å². The highest BCUT2D eigenvalue weighted by molar-refractivity contribution is 9.09. The molecule has 0 saturated carbocycles. The van der Waals surface area contributed by atoms with E-state index in [4.69, 9.17) is 4.74 Å². The molecule has 0 amide bonds. The molecule has 20 heavy (non-hydrogen) atoms. The Morgan fingerprint density at radius 3 is 2.65 bits per heavy atom. The van der Waals surface area contributed by atoms with Crippen LogP contribution in [0.25, 0.3) is 0 Å². The zero-order chi connectivity index (χ0) is 15.2. The molecule has 1 rings (SSSR count). The van der Waals surface area contributed by atoms with E-state index in [2.05, 4.69) is 15.9 Å². The number of carbonyl (C=O) groups excluding carboxylic acids is 1. The maximum Gasteiger partial charge on any atom is 0.446 e. The van der Waals surface area contributed by atoms with E-state index in [1.54, 1.807) is 13.0 Å². The van der Waals surface area contributed by atoms with Gasteiger partial charge in [0.1, 0.15) is 0 Å². The maximum absolute atomic E-state index is 12.6. The van der Waals surface area contributed by atoms with Crippen LogP contribution in [0.3, 0.4) is 0 Å². The van der Waals surface area contributed by atoms with Gasteiger partial charge < -0.3 is 4.74 Å². The van der Waals surface area contributed by atoms with E-state index < -0.39 is 11.5 Å². The number of halogens is 4. The Kier molecular flexibility index (Phi) is 6.88. The quantitative estimate of drug-likeness (QED) is 0.408. The van der Waals surface area contributed by atoms with Gasteiger partial charge in [-0.2, -0.15) is 13.2 Å². The molecule has 2 nitrogen and oxygen atoms in total. The van der Waals surface area contributed by atoms with Crippen LogP contribution in [-0.4, -0.2) is 23.4 Å². The van der Waals surface area contributed by atoms with Crippen molar-refractivity contribution in [2.75, 3.05) is 11.9 Å². The molecule has 0 N–H and O–H groups in total. The van der Waals surface area contributed by atoms with E-state index in [9.17, 15) is 18.0 Å². The van der Waals surface area contributed by atoms with Crippen molar-refractivity contribution < 1.29 is 22.7 Å². The van der Waals surface area contributed by atoms with Gasteiger partial charge in [-0.05, 0) is 49.2 Å². The monoisotopic (exact) mass is 370 g/mol. The first-order valence-corrected chi connectivity index (χ1v) is 7.93. The van der Waals surface area contributed by atoms with E-state index >= 15 is 0 Å². The van der Waals surface area contributed by atoms with Crippen molar-refractivity contribution in [3.05, 3.63) is 29.3 Å². The predicted molar refractivity (Wildman–Crippen MR) is 76.4 cm³/mol. The van der Waals surface area contributed by atoms with E-state index in [0.717, 1.165) is 17.3 Å². The summed E-state index contributed by atoms with van der Waals surface area (Å²) in [6, 6.07) is 4.47. The fraction of sp³-hybridized carbons (Fsp3) is 0.462. The molecule has 1 aromatic carbocycles. The SMILES string of the molecule is CCOC(=O)c1ccc(CCCBr)cc1SC(F)(F)F. The lowest BCUT2D eigenvalue weighted by molar-refractivity contribution is -0.0328. The van der Waals surface area contributed by atoms with Gasteiger partial charge in [-0.25, -0.2) is 4.79 Å². The number of aryl methyl sites for hydroxylation is 1. The minimum absolute atomic E-state index is 0.0447. The molecular weight excluding hydrogens is 357 g/mol. The molecule has 0 spiro atoms. The van der Waals surface area contributed by atoms with Gasteiger partial charge in [0.15, 0.2) is 0 Å². The van der Waals surface area contributed by atoms with E-state index in [1.807, 2.05) is 0 Å². The maximum atomic E-state index is 12.6. The van der Waals surface area contributed by atoms with Crippen molar-refractivity contribution in [2.24, 2.45) is 0 Å². The Morgan fingerprint density at radius 1 is 1.40 bits per heavy atom. The number of hydrogen-bond acceptors (Lipinski definition) is 3. The Balaban J connectivity index is 3.06. The van der Waals surface area contributed by atoms with Gasteiger partial charge in [0, 0.05) is 10.2 Å². The minimum Gasteiger partial charge on any atom is -0.462 e. The van der Waals surface area contributed by atoms with Crippen LogP contribution in [0.15, 0.2) is 23.1 Å². The van der Waals surface area contributed by atoms with Gasteiger partial charge in [0.2, 0.25) is 0 Å². The summed E-state index contributed by atoms with van der Waals surface area (Å²) >= 11 is 2.99. The van der Waals surface area contributed by atoms with Crippen LogP contribution in [-0.2, 0) is 11.2 Å². The zero-order valence-electron chi connectivity index (χ0n) is 10.8. The second kappa shape index (κ2) is 7.93. The van der Waals surface area contributed by atoms with Crippen LogP contribution in [0, 0.1) is 0 Å². The van der Waals surface area contributed by atoms with Gasteiger partial charge in [0.05, 0.1) is 12.2 Å². The van der Waals surface area contributed by atoms with Crippen LogP contribution < -0.4 is 0 Å². The highest BCUT2D eigenvalue weighted by Gasteiger charge is 2.31. The molecule has 0 fully saturated rings. The molecule has 0 unspecified atom stereocenters. The van der Waals surface area contributed by atoms with Gasteiger partial charge in [-0.1, -0.05) is 22.0 Å². The first-order valence-electron chi connectivity index (χ1n) is 5.99. The third-order valence-corrected chi connectivity index (χ3v) is 3.72.